The smallest absolute Gasteiger partial charge is 0.230 e. The SMILES string of the molecule is Cn1c(N2CC(S)CC2=O)nc2ccccc21. The molecule has 0 radical (unpaired) electrons. The molecule has 0 N–H and O–H groups in total. The molecule has 3 rings (SSSR count). The number of aryl methyl sites for hydroxylation is 1. The van der Waals surface area contributed by atoms with Gasteiger partial charge in [-0.05, 0) is 12.1 Å². The van der Waals surface area contributed by atoms with Crippen molar-refractivity contribution in [3.63, 3.8) is 0 Å². The number of fused-ring (bicyclic) bond motifs is 1. The summed E-state index contributed by atoms with van der Waals surface area (Å²) in [6, 6.07) is 7.88. The van der Waals surface area contributed by atoms with Crippen molar-refractivity contribution in [1.82, 2.24) is 9.55 Å². The van der Waals surface area contributed by atoms with E-state index >= 15 is 0 Å². The zero-order valence-electron chi connectivity index (χ0n) is 9.50. The number of carbonyl (C=O) groups excluding carboxylic acids is 1. The van der Waals surface area contributed by atoms with E-state index in [0.29, 0.717) is 18.9 Å². The van der Waals surface area contributed by atoms with Crippen LogP contribution in [0.1, 0.15) is 6.42 Å². The number of benzene rings is 1. The van der Waals surface area contributed by atoms with Gasteiger partial charge in [-0.25, -0.2) is 4.98 Å². The first-order valence-corrected chi connectivity index (χ1v) is 6.08. The van der Waals surface area contributed by atoms with Crippen LogP contribution in [0.25, 0.3) is 11.0 Å². The molecule has 1 amide bonds. The van der Waals surface area contributed by atoms with Crippen LogP contribution >= 0.6 is 12.6 Å². The van der Waals surface area contributed by atoms with E-state index < -0.39 is 0 Å². The molecular weight excluding hydrogens is 234 g/mol. The van der Waals surface area contributed by atoms with Gasteiger partial charge in [0.05, 0.1) is 11.0 Å². The highest BCUT2D eigenvalue weighted by atomic mass is 32.1. The van der Waals surface area contributed by atoms with Gasteiger partial charge in [0.25, 0.3) is 0 Å². The van der Waals surface area contributed by atoms with Gasteiger partial charge in [0.2, 0.25) is 11.9 Å². The van der Waals surface area contributed by atoms with Gasteiger partial charge in [-0.1, -0.05) is 12.1 Å². The van der Waals surface area contributed by atoms with Gasteiger partial charge < -0.3 is 4.57 Å². The average molecular weight is 247 g/mol. The van der Waals surface area contributed by atoms with Gasteiger partial charge >= 0.3 is 0 Å². The van der Waals surface area contributed by atoms with Gasteiger partial charge in [0.15, 0.2) is 0 Å². The molecule has 88 valence electrons. The number of anilines is 1. The minimum absolute atomic E-state index is 0.100. The molecule has 17 heavy (non-hydrogen) atoms. The standard InChI is InChI=1S/C12H13N3OS/c1-14-10-5-3-2-4-9(10)13-12(14)15-7-8(17)6-11(15)16/h2-5,8,17H,6-7H2,1H3. The highest BCUT2D eigenvalue weighted by molar-refractivity contribution is 7.81. The molecule has 5 heteroatoms. The second-order valence-corrected chi connectivity index (χ2v) is 5.05. The molecule has 2 heterocycles. The van der Waals surface area contributed by atoms with Crippen molar-refractivity contribution in [2.45, 2.75) is 11.7 Å². The van der Waals surface area contributed by atoms with Crippen molar-refractivity contribution < 1.29 is 4.79 Å². The van der Waals surface area contributed by atoms with Crippen LogP contribution in [0.5, 0.6) is 0 Å². The Hall–Kier alpha value is -1.49. The molecule has 1 atom stereocenters. The van der Waals surface area contributed by atoms with E-state index in [-0.39, 0.29) is 11.2 Å². The first-order valence-electron chi connectivity index (χ1n) is 5.56. The van der Waals surface area contributed by atoms with Crippen LogP contribution in [0.4, 0.5) is 5.95 Å². The molecule has 0 aliphatic carbocycles. The zero-order chi connectivity index (χ0) is 12.0. The normalized spacial score (nSPS) is 20.5. The largest absolute Gasteiger partial charge is 0.313 e. The van der Waals surface area contributed by atoms with Gasteiger partial charge in [-0.3, -0.25) is 9.69 Å². The van der Waals surface area contributed by atoms with E-state index in [1.54, 1.807) is 4.90 Å². The van der Waals surface area contributed by atoms with Crippen molar-refractivity contribution in [3.8, 4) is 0 Å². The number of carbonyl (C=O) groups is 1. The Labute approximate surface area is 105 Å². The quantitative estimate of drug-likeness (QED) is 0.777. The Morgan fingerprint density at radius 1 is 1.41 bits per heavy atom. The molecular formula is C12H13N3OS. The van der Waals surface area contributed by atoms with Crippen molar-refractivity contribution in [2.75, 3.05) is 11.4 Å². The van der Waals surface area contributed by atoms with E-state index in [0.717, 1.165) is 11.0 Å². The van der Waals surface area contributed by atoms with Crippen LogP contribution in [0.3, 0.4) is 0 Å². The third-order valence-corrected chi connectivity index (χ3v) is 3.46. The van der Waals surface area contributed by atoms with E-state index in [1.807, 2.05) is 35.9 Å². The summed E-state index contributed by atoms with van der Waals surface area (Å²) in [6.07, 6.45) is 0.492. The molecule has 1 aromatic carbocycles. The summed E-state index contributed by atoms with van der Waals surface area (Å²) in [5.41, 5.74) is 1.96. The molecule has 1 aliphatic heterocycles. The predicted molar refractivity (Wildman–Crippen MR) is 70.5 cm³/mol. The number of hydrogen-bond donors (Lipinski definition) is 1. The van der Waals surface area contributed by atoms with Gasteiger partial charge in [0, 0.05) is 25.3 Å². The summed E-state index contributed by atoms with van der Waals surface area (Å²) < 4.78 is 1.96. The second kappa shape index (κ2) is 3.77. The Morgan fingerprint density at radius 3 is 2.82 bits per heavy atom. The molecule has 0 bridgehead atoms. The summed E-state index contributed by atoms with van der Waals surface area (Å²) in [5, 5.41) is 0.113. The third kappa shape index (κ3) is 1.61. The highest BCUT2D eigenvalue weighted by Gasteiger charge is 2.31. The number of amides is 1. The first kappa shape index (κ1) is 10.7. The fraction of sp³-hybridized carbons (Fsp3) is 0.333. The summed E-state index contributed by atoms with van der Waals surface area (Å²) in [7, 11) is 1.93. The van der Waals surface area contributed by atoms with E-state index in [9.17, 15) is 4.79 Å². The molecule has 1 fully saturated rings. The van der Waals surface area contributed by atoms with Crippen molar-refractivity contribution in [3.05, 3.63) is 24.3 Å². The van der Waals surface area contributed by atoms with E-state index in [2.05, 4.69) is 17.6 Å². The number of para-hydroxylation sites is 2. The monoisotopic (exact) mass is 247 g/mol. The predicted octanol–water partition coefficient (Wildman–Crippen LogP) is 1.61. The summed E-state index contributed by atoms with van der Waals surface area (Å²) in [6.45, 7) is 0.638. The van der Waals surface area contributed by atoms with E-state index in [4.69, 9.17) is 0 Å². The van der Waals surface area contributed by atoms with Gasteiger partial charge in [0.1, 0.15) is 0 Å². The molecule has 1 aromatic heterocycles. The number of rotatable bonds is 1. The van der Waals surface area contributed by atoms with Gasteiger partial charge in [-0.2, -0.15) is 12.6 Å². The molecule has 1 saturated heterocycles. The zero-order valence-corrected chi connectivity index (χ0v) is 10.4. The maximum Gasteiger partial charge on any atom is 0.230 e. The third-order valence-electron chi connectivity index (χ3n) is 3.11. The minimum Gasteiger partial charge on any atom is -0.313 e. The molecule has 2 aromatic rings. The van der Waals surface area contributed by atoms with Crippen LogP contribution < -0.4 is 4.90 Å². The summed E-state index contributed by atoms with van der Waals surface area (Å²) in [4.78, 5) is 18.1. The highest BCUT2D eigenvalue weighted by Crippen LogP contribution is 2.26. The van der Waals surface area contributed by atoms with Crippen LogP contribution in [0.2, 0.25) is 0 Å². The minimum atomic E-state index is 0.100. The Balaban J connectivity index is 2.12. The summed E-state index contributed by atoms with van der Waals surface area (Å²) in [5.74, 6) is 0.816. The van der Waals surface area contributed by atoms with Gasteiger partial charge in [-0.15, -0.1) is 0 Å². The molecule has 1 aliphatic rings. The number of imidazole rings is 1. The topological polar surface area (TPSA) is 38.1 Å². The number of aromatic nitrogens is 2. The van der Waals surface area contributed by atoms with Crippen LogP contribution in [-0.4, -0.2) is 27.3 Å². The van der Waals surface area contributed by atoms with Crippen LogP contribution in [0, 0.1) is 0 Å². The summed E-state index contributed by atoms with van der Waals surface area (Å²) >= 11 is 4.36. The average Bonchev–Trinajstić information content (AvgIpc) is 2.80. The maximum atomic E-state index is 11.8. The van der Waals surface area contributed by atoms with Crippen molar-refractivity contribution in [1.29, 1.82) is 0 Å². The lowest BCUT2D eigenvalue weighted by Crippen LogP contribution is -2.27. The van der Waals surface area contributed by atoms with Crippen molar-refractivity contribution >= 4 is 35.5 Å². The lowest BCUT2D eigenvalue weighted by atomic mass is 10.3. The fourth-order valence-corrected chi connectivity index (χ4v) is 2.58. The molecule has 4 nitrogen and oxygen atoms in total. The second-order valence-electron chi connectivity index (χ2n) is 4.32. The maximum absolute atomic E-state index is 11.8. The molecule has 0 saturated carbocycles. The lowest BCUT2D eigenvalue weighted by molar-refractivity contribution is -0.117. The number of nitrogens with zero attached hydrogens (tertiary/aromatic N) is 3. The molecule has 0 spiro atoms. The Bertz CT molecular complexity index is 592. The lowest BCUT2D eigenvalue weighted by Gasteiger charge is -2.14. The number of hydrogen-bond acceptors (Lipinski definition) is 3. The fourth-order valence-electron chi connectivity index (χ4n) is 2.26. The van der Waals surface area contributed by atoms with E-state index in [1.165, 1.54) is 0 Å². The van der Waals surface area contributed by atoms with Crippen LogP contribution in [0.15, 0.2) is 24.3 Å². The Kier molecular flexibility index (Phi) is 2.36. The van der Waals surface area contributed by atoms with Crippen molar-refractivity contribution in [2.24, 2.45) is 7.05 Å². The first-order chi connectivity index (χ1) is 8.16. The Morgan fingerprint density at radius 2 is 2.18 bits per heavy atom. The molecule has 1 unspecified atom stereocenters. The number of thiol groups is 1. The van der Waals surface area contributed by atoms with Crippen LogP contribution in [-0.2, 0) is 11.8 Å².